The molecule has 0 radical (unpaired) electrons. The fourth-order valence-electron chi connectivity index (χ4n) is 3.26. The number of alkyl halides is 3. The summed E-state index contributed by atoms with van der Waals surface area (Å²) in [5.74, 6) is 0.208. The summed E-state index contributed by atoms with van der Waals surface area (Å²) in [6.07, 6.45) is -3.47. The molecule has 2 aromatic rings. The number of nitrogens with zero attached hydrogens (tertiary/aromatic N) is 1. The fraction of sp³-hybridized carbons (Fsp3) is 0.450. The number of aromatic nitrogens is 1. The highest BCUT2D eigenvalue weighted by Gasteiger charge is 2.60. The molecule has 0 bridgehead atoms. The number of anilines is 2. The number of hydrogen-bond donors (Lipinski definition) is 1. The largest absolute Gasteiger partial charge is 0.402 e. The van der Waals surface area contributed by atoms with Crippen molar-refractivity contribution < 1.29 is 17.9 Å². The standard InChI is InChI=1S/C18H18ClF3N2O.C2H6/c1-11(2)25-9-7-17(18(20,21)22)13-4-3-8-23-16(13)24-15-6-5-12(19)10-14(15)17;1-2/h3-6,8,10-11H,7,9H2,1-2H3,(H,23,24);1-2H3. The van der Waals surface area contributed by atoms with E-state index < -0.39 is 11.6 Å². The quantitative estimate of drug-likeness (QED) is 0.637. The molecule has 148 valence electrons. The highest BCUT2D eigenvalue weighted by molar-refractivity contribution is 6.30. The Morgan fingerprint density at radius 1 is 1.19 bits per heavy atom. The molecule has 0 spiro atoms. The van der Waals surface area contributed by atoms with Crippen molar-refractivity contribution in [2.75, 3.05) is 11.9 Å². The lowest BCUT2D eigenvalue weighted by Crippen LogP contribution is -2.47. The molecule has 3 nitrogen and oxygen atoms in total. The van der Waals surface area contributed by atoms with E-state index in [0.717, 1.165) is 0 Å². The lowest BCUT2D eigenvalue weighted by Gasteiger charge is -2.42. The molecule has 1 atom stereocenters. The SMILES string of the molecule is CC.CC(C)OCCC1(C(F)(F)F)c2cc(Cl)ccc2Nc2ncccc21. The van der Waals surface area contributed by atoms with E-state index in [0.29, 0.717) is 5.69 Å². The van der Waals surface area contributed by atoms with Crippen molar-refractivity contribution in [3.63, 3.8) is 0 Å². The number of halogens is 4. The topological polar surface area (TPSA) is 34.1 Å². The maximum Gasteiger partial charge on any atom is 0.402 e. The molecule has 0 fully saturated rings. The molecule has 0 amide bonds. The van der Waals surface area contributed by atoms with Crippen LogP contribution in [-0.4, -0.2) is 23.9 Å². The van der Waals surface area contributed by atoms with Gasteiger partial charge in [0, 0.05) is 29.1 Å². The minimum absolute atomic E-state index is 0.0303. The molecule has 1 aromatic carbocycles. The second-order valence-electron chi connectivity index (χ2n) is 6.29. The van der Waals surface area contributed by atoms with Gasteiger partial charge in [0.15, 0.2) is 0 Å². The molecule has 1 N–H and O–H groups in total. The number of pyridine rings is 1. The van der Waals surface area contributed by atoms with Crippen LogP contribution in [0.15, 0.2) is 36.5 Å². The first-order chi connectivity index (χ1) is 12.8. The van der Waals surface area contributed by atoms with Gasteiger partial charge in [-0.2, -0.15) is 13.2 Å². The molecule has 7 heteroatoms. The number of hydrogen-bond acceptors (Lipinski definition) is 3. The van der Waals surface area contributed by atoms with Gasteiger partial charge >= 0.3 is 6.18 Å². The van der Waals surface area contributed by atoms with Crippen LogP contribution >= 0.6 is 11.6 Å². The van der Waals surface area contributed by atoms with Crippen LogP contribution < -0.4 is 5.32 Å². The van der Waals surface area contributed by atoms with Gasteiger partial charge in [-0.1, -0.05) is 31.5 Å². The first kappa shape index (κ1) is 21.5. The van der Waals surface area contributed by atoms with Crippen molar-refractivity contribution in [1.29, 1.82) is 0 Å². The van der Waals surface area contributed by atoms with E-state index in [2.05, 4.69) is 10.3 Å². The van der Waals surface area contributed by atoms with Gasteiger partial charge in [0.05, 0.1) is 6.10 Å². The van der Waals surface area contributed by atoms with E-state index in [1.807, 2.05) is 13.8 Å². The monoisotopic (exact) mass is 400 g/mol. The Bertz CT molecular complexity index is 780. The Hall–Kier alpha value is -1.79. The average Bonchev–Trinajstić information content (AvgIpc) is 2.62. The zero-order valence-corrected chi connectivity index (χ0v) is 16.6. The van der Waals surface area contributed by atoms with E-state index in [4.69, 9.17) is 16.3 Å². The van der Waals surface area contributed by atoms with E-state index in [1.54, 1.807) is 26.0 Å². The number of fused-ring (bicyclic) bond motifs is 2. The highest BCUT2D eigenvalue weighted by Crippen LogP contribution is 2.55. The summed E-state index contributed by atoms with van der Waals surface area (Å²) in [4.78, 5) is 4.11. The van der Waals surface area contributed by atoms with Crippen molar-refractivity contribution in [3.8, 4) is 0 Å². The summed E-state index contributed by atoms with van der Waals surface area (Å²) in [5.41, 5.74) is -1.68. The van der Waals surface area contributed by atoms with E-state index in [9.17, 15) is 13.2 Å². The molecule has 0 saturated carbocycles. The molecule has 1 unspecified atom stereocenters. The van der Waals surface area contributed by atoms with Crippen molar-refractivity contribution in [1.82, 2.24) is 4.98 Å². The molecular weight excluding hydrogens is 377 g/mol. The highest BCUT2D eigenvalue weighted by atomic mass is 35.5. The smallest absolute Gasteiger partial charge is 0.379 e. The summed E-state index contributed by atoms with van der Waals surface area (Å²) < 4.78 is 48.8. The molecule has 1 aromatic heterocycles. The van der Waals surface area contributed by atoms with Gasteiger partial charge in [0.2, 0.25) is 0 Å². The predicted octanol–water partition coefficient (Wildman–Crippen LogP) is 6.48. The zero-order valence-electron chi connectivity index (χ0n) is 15.8. The van der Waals surface area contributed by atoms with Crippen LogP contribution in [0.2, 0.25) is 5.02 Å². The van der Waals surface area contributed by atoms with Crippen LogP contribution in [-0.2, 0) is 10.2 Å². The molecular formula is C20H24ClF3N2O. The number of ether oxygens (including phenoxy) is 1. The van der Waals surface area contributed by atoms with Crippen molar-refractivity contribution >= 4 is 23.1 Å². The molecule has 2 heterocycles. The predicted molar refractivity (Wildman–Crippen MR) is 103 cm³/mol. The number of rotatable bonds is 4. The van der Waals surface area contributed by atoms with Crippen LogP contribution in [0.3, 0.4) is 0 Å². The van der Waals surface area contributed by atoms with Gasteiger partial charge in [0.25, 0.3) is 0 Å². The lowest BCUT2D eigenvalue weighted by molar-refractivity contribution is -0.183. The van der Waals surface area contributed by atoms with Gasteiger partial charge in [-0.15, -0.1) is 0 Å². The minimum Gasteiger partial charge on any atom is -0.379 e. The Balaban J connectivity index is 0.00000126. The fourth-order valence-corrected chi connectivity index (χ4v) is 3.44. The maximum atomic E-state index is 14.5. The van der Waals surface area contributed by atoms with Gasteiger partial charge < -0.3 is 10.1 Å². The molecule has 3 rings (SSSR count). The normalized spacial score (nSPS) is 18.1. The molecule has 0 saturated heterocycles. The third-order valence-corrected chi connectivity index (χ3v) is 4.61. The van der Waals surface area contributed by atoms with Crippen LogP contribution in [0.5, 0.6) is 0 Å². The van der Waals surface area contributed by atoms with Crippen molar-refractivity contribution in [3.05, 3.63) is 52.7 Å². The first-order valence-electron chi connectivity index (χ1n) is 8.96. The van der Waals surface area contributed by atoms with Gasteiger partial charge in [-0.05, 0) is 50.1 Å². The Kier molecular flexibility index (Phi) is 6.76. The summed E-state index contributed by atoms with van der Waals surface area (Å²) in [6.45, 7) is 7.56. The molecule has 1 aliphatic heterocycles. The molecule has 0 aliphatic carbocycles. The minimum atomic E-state index is -4.54. The molecule has 1 aliphatic rings. The van der Waals surface area contributed by atoms with Crippen LogP contribution in [0.25, 0.3) is 0 Å². The van der Waals surface area contributed by atoms with Crippen molar-refractivity contribution in [2.24, 2.45) is 0 Å². The third kappa shape index (κ3) is 4.06. The van der Waals surface area contributed by atoms with Crippen LogP contribution in [0, 0.1) is 0 Å². The summed E-state index contributed by atoms with van der Waals surface area (Å²) >= 11 is 6.02. The van der Waals surface area contributed by atoms with Crippen molar-refractivity contribution in [2.45, 2.75) is 51.8 Å². The summed E-state index contributed by atoms with van der Waals surface area (Å²) in [5, 5.41) is 3.24. The van der Waals surface area contributed by atoms with Gasteiger partial charge in [-0.3, -0.25) is 0 Å². The Labute approximate surface area is 162 Å². The van der Waals surface area contributed by atoms with Crippen LogP contribution in [0.4, 0.5) is 24.7 Å². The average molecular weight is 401 g/mol. The Morgan fingerprint density at radius 2 is 1.89 bits per heavy atom. The second-order valence-corrected chi connectivity index (χ2v) is 6.72. The Morgan fingerprint density at radius 3 is 2.52 bits per heavy atom. The van der Waals surface area contributed by atoms with Gasteiger partial charge in [-0.25, -0.2) is 4.98 Å². The number of nitrogens with one attached hydrogen (secondary N) is 1. The number of benzene rings is 1. The van der Waals surface area contributed by atoms with E-state index in [-0.39, 0.29) is 41.1 Å². The first-order valence-corrected chi connectivity index (χ1v) is 9.34. The summed E-state index contributed by atoms with van der Waals surface area (Å²) in [6, 6.07) is 7.47. The van der Waals surface area contributed by atoms with E-state index in [1.165, 1.54) is 24.4 Å². The van der Waals surface area contributed by atoms with Crippen LogP contribution in [0.1, 0.15) is 45.2 Å². The lowest BCUT2D eigenvalue weighted by atomic mass is 9.69. The third-order valence-electron chi connectivity index (χ3n) is 4.37. The summed E-state index contributed by atoms with van der Waals surface area (Å²) in [7, 11) is 0. The van der Waals surface area contributed by atoms with Gasteiger partial charge in [0.1, 0.15) is 11.2 Å². The zero-order chi connectivity index (χ0) is 20.2. The second kappa shape index (κ2) is 8.48. The molecule has 27 heavy (non-hydrogen) atoms. The van der Waals surface area contributed by atoms with E-state index >= 15 is 0 Å². The maximum absolute atomic E-state index is 14.5.